The summed E-state index contributed by atoms with van der Waals surface area (Å²) in [6.45, 7) is 3.53. The molecule has 0 saturated carbocycles. The maximum Gasteiger partial charge on any atom is 0.0776 e. The lowest BCUT2D eigenvalue weighted by Gasteiger charge is -2.11. The van der Waals surface area contributed by atoms with Crippen LogP contribution >= 0.6 is 0 Å². The Balaban J connectivity index is 1.87. The first kappa shape index (κ1) is 9.68. The molecule has 2 atom stereocenters. The summed E-state index contributed by atoms with van der Waals surface area (Å²) in [5.41, 5.74) is 6.74. The van der Waals surface area contributed by atoms with Gasteiger partial charge in [0.15, 0.2) is 0 Å². The zero-order valence-electron chi connectivity index (χ0n) is 8.52. The Morgan fingerprint density at radius 1 is 1.57 bits per heavy atom. The van der Waals surface area contributed by atoms with Gasteiger partial charge in [-0.3, -0.25) is 4.68 Å². The quantitative estimate of drug-likeness (QED) is 0.772. The minimum atomic E-state index is 0.261. The van der Waals surface area contributed by atoms with Crippen molar-refractivity contribution in [1.29, 1.82) is 0 Å². The van der Waals surface area contributed by atoms with E-state index >= 15 is 0 Å². The summed E-state index contributed by atoms with van der Waals surface area (Å²) in [5, 5.41) is 4.24. The highest BCUT2D eigenvalue weighted by molar-refractivity contribution is 4.99. The summed E-state index contributed by atoms with van der Waals surface area (Å²) in [6, 6.07) is 0. The van der Waals surface area contributed by atoms with Crippen LogP contribution in [0.1, 0.15) is 18.4 Å². The van der Waals surface area contributed by atoms with E-state index in [2.05, 4.69) is 5.10 Å². The molecule has 1 aromatic rings. The van der Waals surface area contributed by atoms with Gasteiger partial charge in [-0.05, 0) is 25.3 Å². The fourth-order valence-electron chi connectivity index (χ4n) is 1.86. The second kappa shape index (κ2) is 4.11. The van der Waals surface area contributed by atoms with E-state index in [1.165, 1.54) is 5.56 Å². The van der Waals surface area contributed by atoms with Gasteiger partial charge in [0.05, 0.1) is 24.9 Å². The highest BCUT2D eigenvalue weighted by atomic mass is 16.5. The van der Waals surface area contributed by atoms with Gasteiger partial charge in [0.2, 0.25) is 0 Å². The van der Waals surface area contributed by atoms with Crippen molar-refractivity contribution in [1.82, 2.24) is 9.78 Å². The molecule has 1 saturated heterocycles. The van der Waals surface area contributed by atoms with Crippen LogP contribution in [0.4, 0.5) is 0 Å². The molecule has 0 aliphatic carbocycles. The second-order valence-electron chi connectivity index (χ2n) is 3.93. The lowest BCUT2D eigenvalue weighted by atomic mass is 10.2. The lowest BCUT2D eigenvalue weighted by molar-refractivity contribution is 0.0385. The van der Waals surface area contributed by atoms with Crippen LogP contribution in [0, 0.1) is 6.92 Å². The van der Waals surface area contributed by atoms with Crippen molar-refractivity contribution in [2.24, 2.45) is 5.73 Å². The highest BCUT2D eigenvalue weighted by Gasteiger charge is 2.24. The maximum atomic E-state index is 5.74. The molecule has 4 nitrogen and oxygen atoms in total. The molecule has 1 fully saturated rings. The summed E-state index contributed by atoms with van der Waals surface area (Å²) in [6.07, 6.45) is 6.65. The van der Waals surface area contributed by atoms with Crippen LogP contribution in [-0.2, 0) is 11.3 Å². The Morgan fingerprint density at radius 2 is 2.36 bits per heavy atom. The molecule has 0 aromatic carbocycles. The van der Waals surface area contributed by atoms with Gasteiger partial charge in [0, 0.05) is 12.7 Å². The molecule has 14 heavy (non-hydrogen) atoms. The van der Waals surface area contributed by atoms with Crippen molar-refractivity contribution in [3.8, 4) is 0 Å². The molecule has 2 rings (SSSR count). The van der Waals surface area contributed by atoms with E-state index in [0.29, 0.717) is 12.6 Å². The van der Waals surface area contributed by atoms with E-state index in [0.717, 1.165) is 19.4 Å². The Labute approximate surface area is 84.0 Å². The second-order valence-corrected chi connectivity index (χ2v) is 3.93. The molecule has 78 valence electrons. The van der Waals surface area contributed by atoms with Crippen LogP contribution in [0.3, 0.4) is 0 Å². The predicted octanol–water partition coefficient (Wildman–Crippen LogP) is 0.698. The summed E-state index contributed by atoms with van der Waals surface area (Å²) in [4.78, 5) is 0. The average molecular weight is 195 g/mol. The van der Waals surface area contributed by atoms with Crippen molar-refractivity contribution < 1.29 is 4.74 Å². The Morgan fingerprint density at radius 3 is 2.93 bits per heavy atom. The Kier molecular flexibility index (Phi) is 2.84. The number of nitrogens with zero attached hydrogens (tertiary/aromatic N) is 2. The van der Waals surface area contributed by atoms with Gasteiger partial charge in [-0.2, -0.15) is 5.10 Å². The van der Waals surface area contributed by atoms with Crippen molar-refractivity contribution >= 4 is 0 Å². The first-order valence-corrected chi connectivity index (χ1v) is 5.12. The molecule has 0 bridgehead atoms. The molecule has 2 N–H and O–H groups in total. The van der Waals surface area contributed by atoms with E-state index in [4.69, 9.17) is 10.5 Å². The molecule has 1 aromatic heterocycles. The van der Waals surface area contributed by atoms with E-state index in [1.54, 1.807) is 0 Å². The molecule has 0 amide bonds. The number of rotatable bonds is 3. The van der Waals surface area contributed by atoms with E-state index < -0.39 is 0 Å². The van der Waals surface area contributed by atoms with Crippen molar-refractivity contribution in [2.75, 3.05) is 6.54 Å². The fraction of sp³-hybridized carbons (Fsp3) is 0.700. The van der Waals surface area contributed by atoms with Crippen LogP contribution < -0.4 is 5.73 Å². The van der Waals surface area contributed by atoms with Crippen molar-refractivity contribution in [2.45, 2.75) is 38.5 Å². The van der Waals surface area contributed by atoms with E-state index in [9.17, 15) is 0 Å². The topological polar surface area (TPSA) is 53.1 Å². The van der Waals surface area contributed by atoms with Gasteiger partial charge in [0.25, 0.3) is 0 Å². The van der Waals surface area contributed by atoms with Crippen LogP contribution in [0.15, 0.2) is 12.4 Å². The third-order valence-electron chi connectivity index (χ3n) is 2.61. The number of aryl methyl sites for hydroxylation is 1. The van der Waals surface area contributed by atoms with Gasteiger partial charge in [0.1, 0.15) is 0 Å². The van der Waals surface area contributed by atoms with Gasteiger partial charge >= 0.3 is 0 Å². The molecule has 4 heteroatoms. The molecule has 0 spiro atoms. The zero-order valence-corrected chi connectivity index (χ0v) is 8.52. The van der Waals surface area contributed by atoms with Crippen LogP contribution in [0.25, 0.3) is 0 Å². The first-order chi connectivity index (χ1) is 6.78. The smallest absolute Gasteiger partial charge is 0.0776 e. The standard InChI is InChI=1S/C10H17N3O/c1-8-5-12-13(6-8)7-10-3-2-9(4-11)14-10/h5-6,9-10H,2-4,7,11H2,1H3. The Bertz CT molecular complexity index is 297. The highest BCUT2D eigenvalue weighted by Crippen LogP contribution is 2.19. The largest absolute Gasteiger partial charge is 0.372 e. The third kappa shape index (κ3) is 2.13. The van der Waals surface area contributed by atoms with Gasteiger partial charge < -0.3 is 10.5 Å². The van der Waals surface area contributed by atoms with Gasteiger partial charge in [-0.25, -0.2) is 0 Å². The Hall–Kier alpha value is -0.870. The summed E-state index contributed by atoms with van der Waals surface area (Å²) < 4.78 is 7.68. The van der Waals surface area contributed by atoms with Gasteiger partial charge in [-0.15, -0.1) is 0 Å². The monoisotopic (exact) mass is 195 g/mol. The summed E-state index contributed by atoms with van der Waals surface area (Å²) in [7, 11) is 0. The molecule has 2 heterocycles. The number of aromatic nitrogens is 2. The zero-order chi connectivity index (χ0) is 9.97. The van der Waals surface area contributed by atoms with Crippen molar-refractivity contribution in [3.05, 3.63) is 18.0 Å². The van der Waals surface area contributed by atoms with Crippen LogP contribution in [0.5, 0.6) is 0 Å². The average Bonchev–Trinajstić information content (AvgIpc) is 2.76. The minimum Gasteiger partial charge on any atom is -0.372 e. The predicted molar refractivity (Wildman–Crippen MR) is 53.9 cm³/mol. The van der Waals surface area contributed by atoms with Crippen LogP contribution in [-0.4, -0.2) is 28.5 Å². The summed E-state index contributed by atoms with van der Waals surface area (Å²) >= 11 is 0. The summed E-state index contributed by atoms with van der Waals surface area (Å²) in [5.74, 6) is 0. The van der Waals surface area contributed by atoms with Crippen LogP contribution in [0.2, 0.25) is 0 Å². The number of nitrogens with two attached hydrogens (primary N) is 1. The first-order valence-electron chi connectivity index (χ1n) is 5.12. The number of hydrogen-bond donors (Lipinski definition) is 1. The SMILES string of the molecule is Cc1cnn(CC2CCC(CN)O2)c1. The fourth-order valence-corrected chi connectivity index (χ4v) is 1.86. The van der Waals surface area contributed by atoms with E-state index in [-0.39, 0.29) is 6.10 Å². The number of hydrogen-bond acceptors (Lipinski definition) is 3. The molecular formula is C10H17N3O. The molecule has 1 aliphatic rings. The lowest BCUT2D eigenvalue weighted by Crippen LogP contribution is -2.22. The molecule has 0 radical (unpaired) electrons. The third-order valence-corrected chi connectivity index (χ3v) is 2.61. The number of ether oxygens (including phenoxy) is 1. The maximum absolute atomic E-state index is 5.74. The van der Waals surface area contributed by atoms with Crippen molar-refractivity contribution in [3.63, 3.8) is 0 Å². The molecule has 1 aliphatic heterocycles. The minimum absolute atomic E-state index is 0.261. The van der Waals surface area contributed by atoms with E-state index in [1.807, 2.05) is 24.0 Å². The normalized spacial score (nSPS) is 27.0. The van der Waals surface area contributed by atoms with Gasteiger partial charge in [-0.1, -0.05) is 0 Å². The molecular weight excluding hydrogens is 178 g/mol. The molecule has 2 unspecified atom stereocenters.